The van der Waals surface area contributed by atoms with Crippen molar-refractivity contribution in [2.45, 2.75) is 22.9 Å². The zero-order valence-electron chi connectivity index (χ0n) is 10.2. The average Bonchev–Trinajstić information content (AvgIpc) is 2.39. The monoisotopic (exact) mass is 276 g/mol. The second kappa shape index (κ2) is 5.81. The van der Waals surface area contributed by atoms with Crippen molar-refractivity contribution in [3.05, 3.63) is 58.3 Å². The van der Waals surface area contributed by atoms with E-state index < -0.39 is 11.0 Å². The van der Waals surface area contributed by atoms with Crippen LogP contribution in [-0.4, -0.2) is 15.0 Å². The van der Waals surface area contributed by atoms with E-state index in [9.17, 15) is 15.2 Å². The van der Waals surface area contributed by atoms with Gasteiger partial charge in [-0.25, -0.2) is 4.98 Å². The molecule has 0 amide bonds. The summed E-state index contributed by atoms with van der Waals surface area (Å²) in [5, 5.41) is 21.2. The summed E-state index contributed by atoms with van der Waals surface area (Å²) in [7, 11) is 0. The van der Waals surface area contributed by atoms with E-state index in [-0.39, 0.29) is 5.69 Å². The summed E-state index contributed by atoms with van der Waals surface area (Å²) in [5.74, 6) is 0. The van der Waals surface area contributed by atoms with Gasteiger partial charge >= 0.3 is 0 Å². The van der Waals surface area contributed by atoms with Gasteiger partial charge in [0.25, 0.3) is 5.69 Å². The molecule has 0 radical (unpaired) electrons. The van der Waals surface area contributed by atoms with E-state index in [0.29, 0.717) is 15.5 Å². The first kappa shape index (κ1) is 13.5. The summed E-state index contributed by atoms with van der Waals surface area (Å²) < 4.78 is 0. The Kier molecular flexibility index (Phi) is 4.13. The number of para-hydroxylation sites is 1. The van der Waals surface area contributed by atoms with Crippen LogP contribution in [0.2, 0.25) is 0 Å². The van der Waals surface area contributed by atoms with Gasteiger partial charge in [-0.3, -0.25) is 10.1 Å². The first-order valence-corrected chi connectivity index (χ1v) is 6.45. The number of hydrogen-bond acceptors (Lipinski definition) is 5. The standard InChI is InChI=1S/C13H12N2O3S/c1-9(16)10-5-4-8-14-13(10)19-12-7-3-2-6-11(12)15(17)18/h2-9,16H,1H3. The number of aliphatic hydroxyl groups is 1. The molecule has 0 aliphatic carbocycles. The molecule has 19 heavy (non-hydrogen) atoms. The average molecular weight is 276 g/mol. The first-order chi connectivity index (χ1) is 9.09. The maximum absolute atomic E-state index is 11.0. The third-order valence-electron chi connectivity index (χ3n) is 2.52. The fourth-order valence-corrected chi connectivity index (χ4v) is 2.68. The Bertz CT molecular complexity index is 602. The second-order valence-corrected chi connectivity index (χ2v) is 4.93. The lowest BCUT2D eigenvalue weighted by Crippen LogP contribution is -1.97. The molecule has 0 aliphatic rings. The van der Waals surface area contributed by atoms with Gasteiger partial charge in [0, 0.05) is 17.8 Å². The normalized spacial score (nSPS) is 12.1. The number of nitrogens with zero attached hydrogens (tertiary/aromatic N) is 2. The highest BCUT2D eigenvalue weighted by molar-refractivity contribution is 7.99. The molecule has 2 aromatic rings. The van der Waals surface area contributed by atoms with Gasteiger partial charge in [0.2, 0.25) is 0 Å². The minimum Gasteiger partial charge on any atom is -0.389 e. The van der Waals surface area contributed by atoms with Crippen molar-refractivity contribution in [1.82, 2.24) is 4.98 Å². The molecule has 0 bridgehead atoms. The van der Waals surface area contributed by atoms with Gasteiger partial charge in [-0.1, -0.05) is 30.0 Å². The molecular weight excluding hydrogens is 264 g/mol. The van der Waals surface area contributed by atoms with E-state index in [1.54, 1.807) is 43.5 Å². The van der Waals surface area contributed by atoms with Crippen LogP contribution in [0.3, 0.4) is 0 Å². The molecule has 5 nitrogen and oxygen atoms in total. The molecule has 1 aromatic carbocycles. The number of aromatic nitrogens is 1. The number of nitro groups is 1. The van der Waals surface area contributed by atoms with Crippen LogP contribution >= 0.6 is 11.8 Å². The molecule has 6 heteroatoms. The number of aliphatic hydroxyl groups excluding tert-OH is 1. The molecule has 0 fully saturated rings. The number of nitro benzene ring substituents is 1. The van der Waals surface area contributed by atoms with Crippen molar-refractivity contribution < 1.29 is 10.0 Å². The van der Waals surface area contributed by atoms with Crippen LogP contribution in [0.4, 0.5) is 5.69 Å². The lowest BCUT2D eigenvalue weighted by molar-refractivity contribution is -0.387. The lowest BCUT2D eigenvalue weighted by atomic mass is 10.2. The summed E-state index contributed by atoms with van der Waals surface area (Å²) in [6.07, 6.45) is 0.933. The molecule has 1 N–H and O–H groups in total. The fourth-order valence-electron chi connectivity index (χ4n) is 1.60. The minimum atomic E-state index is -0.668. The molecule has 0 spiro atoms. The van der Waals surface area contributed by atoms with Crippen molar-refractivity contribution >= 4 is 17.4 Å². The minimum absolute atomic E-state index is 0.0368. The Morgan fingerprint density at radius 1 is 1.32 bits per heavy atom. The Balaban J connectivity index is 2.39. The number of pyridine rings is 1. The van der Waals surface area contributed by atoms with Crippen molar-refractivity contribution in [2.24, 2.45) is 0 Å². The third-order valence-corrected chi connectivity index (χ3v) is 3.62. The summed E-state index contributed by atoms with van der Waals surface area (Å²) >= 11 is 1.18. The Labute approximate surface area is 114 Å². The van der Waals surface area contributed by atoms with Crippen LogP contribution in [0.5, 0.6) is 0 Å². The van der Waals surface area contributed by atoms with E-state index in [0.717, 1.165) is 0 Å². The van der Waals surface area contributed by atoms with E-state index in [1.807, 2.05) is 0 Å². The number of hydrogen-bond donors (Lipinski definition) is 1. The van der Waals surface area contributed by atoms with Crippen molar-refractivity contribution in [2.75, 3.05) is 0 Å². The van der Waals surface area contributed by atoms with Crippen LogP contribution in [0.25, 0.3) is 0 Å². The number of rotatable bonds is 4. The van der Waals surface area contributed by atoms with Crippen LogP contribution in [0, 0.1) is 10.1 Å². The molecule has 1 aromatic heterocycles. The Morgan fingerprint density at radius 3 is 2.74 bits per heavy atom. The van der Waals surface area contributed by atoms with Crippen LogP contribution in [-0.2, 0) is 0 Å². The van der Waals surface area contributed by atoms with E-state index >= 15 is 0 Å². The molecular formula is C13H12N2O3S. The van der Waals surface area contributed by atoms with Crippen LogP contribution in [0.1, 0.15) is 18.6 Å². The Hall–Kier alpha value is -1.92. The lowest BCUT2D eigenvalue weighted by Gasteiger charge is -2.10. The van der Waals surface area contributed by atoms with Crippen molar-refractivity contribution in [3.63, 3.8) is 0 Å². The highest BCUT2D eigenvalue weighted by atomic mass is 32.2. The summed E-state index contributed by atoms with van der Waals surface area (Å²) in [6.45, 7) is 1.64. The Morgan fingerprint density at radius 2 is 2.05 bits per heavy atom. The molecule has 1 unspecified atom stereocenters. The molecule has 98 valence electrons. The van der Waals surface area contributed by atoms with Crippen molar-refractivity contribution in [3.8, 4) is 0 Å². The maximum atomic E-state index is 11.0. The molecule has 0 saturated carbocycles. The van der Waals surface area contributed by atoms with Gasteiger partial charge in [-0.2, -0.15) is 0 Å². The van der Waals surface area contributed by atoms with E-state index in [2.05, 4.69) is 4.98 Å². The first-order valence-electron chi connectivity index (χ1n) is 5.64. The zero-order valence-corrected chi connectivity index (χ0v) is 11.0. The SMILES string of the molecule is CC(O)c1cccnc1Sc1ccccc1[N+](=O)[O-]. The van der Waals surface area contributed by atoms with Crippen LogP contribution < -0.4 is 0 Å². The summed E-state index contributed by atoms with van der Waals surface area (Å²) in [6, 6.07) is 9.97. The van der Waals surface area contributed by atoms with Gasteiger partial charge in [-0.05, 0) is 19.1 Å². The van der Waals surface area contributed by atoms with E-state index in [4.69, 9.17) is 0 Å². The van der Waals surface area contributed by atoms with Crippen LogP contribution in [0.15, 0.2) is 52.5 Å². The van der Waals surface area contributed by atoms with Gasteiger partial charge in [-0.15, -0.1) is 0 Å². The van der Waals surface area contributed by atoms with Crippen molar-refractivity contribution in [1.29, 1.82) is 0 Å². The predicted octanol–water partition coefficient (Wildman–Crippen LogP) is 3.19. The molecule has 2 rings (SSSR count). The van der Waals surface area contributed by atoms with Gasteiger partial charge < -0.3 is 5.11 Å². The molecule has 1 heterocycles. The van der Waals surface area contributed by atoms with Gasteiger partial charge in [0.05, 0.1) is 15.9 Å². The predicted molar refractivity (Wildman–Crippen MR) is 72.1 cm³/mol. The highest BCUT2D eigenvalue weighted by Gasteiger charge is 2.17. The third kappa shape index (κ3) is 3.10. The van der Waals surface area contributed by atoms with Gasteiger partial charge in [0.15, 0.2) is 0 Å². The topological polar surface area (TPSA) is 76.3 Å². The quantitative estimate of drug-likeness (QED) is 0.685. The highest BCUT2D eigenvalue weighted by Crippen LogP contribution is 2.36. The summed E-state index contributed by atoms with van der Waals surface area (Å²) in [5.41, 5.74) is 0.695. The zero-order chi connectivity index (χ0) is 13.8. The fraction of sp³-hybridized carbons (Fsp3) is 0.154. The maximum Gasteiger partial charge on any atom is 0.283 e. The largest absolute Gasteiger partial charge is 0.389 e. The van der Waals surface area contributed by atoms with E-state index in [1.165, 1.54) is 17.8 Å². The summed E-state index contributed by atoms with van der Waals surface area (Å²) in [4.78, 5) is 15.2. The molecule has 1 atom stereocenters. The smallest absolute Gasteiger partial charge is 0.283 e. The number of benzene rings is 1. The molecule has 0 aliphatic heterocycles. The van der Waals surface area contributed by atoms with Gasteiger partial charge in [0.1, 0.15) is 5.03 Å². The molecule has 0 saturated heterocycles. The second-order valence-electron chi connectivity index (χ2n) is 3.90.